The molecule has 1 aromatic heterocycles. The highest BCUT2D eigenvalue weighted by Gasteiger charge is 2.01. The monoisotopic (exact) mass is 141 g/mol. The van der Waals surface area contributed by atoms with Crippen LogP contribution in [0.15, 0.2) is 24.4 Å². The summed E-state index contributed by atoms with van der Waals surface area (Å²) >= 11 is 1.42. The zero-order chi connectivity index (χ0) is 6.69. The van der Waals surface area contributed by atoms with Crippen LogP contribution in [-0.2, 0) is 0 Å². The highest BCUT2D eigenvalue weighted by molar-refractivity contribution is 7.09. The van der Waals surface area contributed by atoms with E-state index >= 15 is 0 Å². The van der Waals surface area contributed by atoms with Gasteiger partial charge in [0.1, 0.15) is 6.10 Å². The van der Waals surface area contributed by atoms with Gasteiger partial charge in [-0.15, -0.1) is 17.9 Å². The number of hydrogen-bond acceptors (Lipinski definition) is 3. The van der Waals surface area contributed by atoms with E-state index < -0.39 is 6.10 Å². The van der Waals surface area contributed by atoms with E-state index in [1.54, 1.807) is 11.7 Å². The number of nitrogens with zero attached hydrogens (tertiary/aromatic N) is 1. The van der Waals surface area contributed by atoms with Gasteiger partial charge in [0.15, 0.2) is 0 Å². The zero-order valence-corrected chi connectivity index (χ0v) is 5.64. The molecular formula is C6H7NOS. The smallest absolute Gasteiger partial charge is 0.108 e. The molecule has 0 bridgehead atoms. The van der Waals surface area contributed by atoms with Crippen molar-refractivity contribution in [2.75, 3.05) is 0 Å². The van der Waals surface area contributed by atoms with Gasteiger partial charge in [-0.05, 0) is 0 Å². The molecule has 9 heavy (non-hydrogen) atoms. The normalized spacial score (nSPS) is 13.0. The van der Waals surface area contributed by atoms with Gasteiger partial charge in [-0.3, -0.25) is 4.98 Å². The molecule has 0 aromatic carbocycles. The number of hydrogen-bond donors (Lipinski definition) is 1. The summed E-state index contributed by atoms with van der Waals surface area (Å²) in [5.74, 6) is 0. The molecule has 0 saturated carbocycles. The lowest BCUT2D eigenvalue weighted by Gasteiger charge is -1.96. The molecule has 0 amide bonds. The van der Waals surface area contributed by atoms with Crippen LogP contribution in [0.25, 0.3) is 0 Å². The van der Waals surface area contributed by atoms with Crippen molar-refractivity contribution in [3.8, 4) is 0 Å². The van der Waals surface area contributed by atoms with Crippen LogP contribution in [0, 0.1) is 0 Å². The molecule has 48 valence electrons. The van der Waals surface area contributed by atoms with E-state index in [0.29, 0.717) is 0 Å². The molecule has 0 saturated heterocycles. The van der Waals surface area contributed by atoms with Gasteiger partial charge in [0.2, 0.25) is 0 Å². The van der Waals surface area contributed by atoms with Gasteiger partial charge in [0.05, 0.1) is 10.4 Å². The first-order valence-corrected chi connectivity index (χ1v) is 3.41. The fourth-order valence-corrected chi connectivity index (χ4v) is 1.09. The largest absolute Gasteiger partial charge is 0.383 e. The summed E-state index contributed by atoms with van der Waals surface area (Å²) in [6, 6.07) is 0. The second kappa shape index (κ2) is 2.75. The van der Waals surface area contributed by atoms with Gasteiger partial charge in [0.25, 0.3) is 0 Å². The molecule has 0 radical (unpaired) electrons. The lowest BCUT2D eigenvalue weighted by Crippen LogP contribution is -1.85. The lowest BCUT2D eigenvalue weighted by atomic mass is 10.3. The summed E-state index contributed by atoms with van der Waals surface area (Å²) in [5, 5.41) is 9.07. The molecule has 0 spiro atoms. The van der Waals surface area contributed by atoms with E-state index in [4.69, 9.17) is 5.11 Å². The van der Waals surface area contributed by atoms with Gasteiger partial charge < -0.3 is 5.11 Å². The van der Waals surface area contributed by atoms with Crippen molar-refractivity contribution in [3.63, 3.8) is 0 Å². The quantitative estimate of drug-likeness (QED) is 0.631. The molecule has 1 unspecified atom stereocenters. The molecule has 2 nitrogen and oxygen atoms in total. The third-order valence-electron chi connectivity index (χ3n) is 0.966. The SMILES string of the molecule is C=CC(O)c1cncs1. The average molecular weight is 141 g/mol. The van der Waals surface area contributed by atoms with E-state index in [2.05, 4.69) is 11.6 Å². The van der Waals surface area contributed by atoms with Crippen molar-refractivity contribution in [1.29, 1.82) is 0 Å². The van der Waals surface area contributed by atoms with E-state index in [1.165, 1.54) is 17.4 Å². The Morgan fingerprint density at radius 3 is 3.11 bits per heavy atom. The predicted molar refractivity (Wildman–Crippen MR) is 37.3 cm³/mol. The Morgan fingerprint density at radius 1 is 1.89 bits per heavy atom. The molecule has 0 aliphatic rings. The summed E-state index contributed by atoms with van der Waals surface area (Å²) in [7, 11) is 0. The van der Waals surface area contributed by atoms with Crippen LogP contribution < -0.4 is 0 Å². The number of aromatic nitrogens is 1. The standard InChI is InChI=1S/C6H7NOS/c1-2-5(8)6-3-7-4-9-6/h2-5,8H,1H2. The summed E-state index contributed by atoms with van der Waals surface area (Å²) < 4.78 is 0. The number of thiazole rings is 1. The average Bonchev–Trinajstić information content (AvgIpc) is 2.37. The van der Waals surface area contributed by atoms with Crippen molar-refractivity contribution in [2.45, 2.75) is 6.10 Å². The Bertz CT molecular complexity index is 183. The topological polar surface area (TPSA) is 33.1 Å². The Balaban J connectivity index is 2.76. The molecule has 0 aliphatic carbocycles. The minimum atomic E-state index is -0.544. The Morgan fingerprint density at radius 2 is 2.67 bits per heavy atom. The number of rotatable bonds is 2. The van der Waals surface area contributed by atoms with Crippen molar-refractivity contribution >= 4 is 11.3 Å². The number of aliphatic hydroxyl groups is 1. The highest BCUT2D eigenvalue weighted by atomic mass is 32.1. The summed E-state index contributed by atoms with van der Waals surface area (Å²) in [6.07, 6.45) is 2.57. The molecule has 1 rings (SSSR count). The van der Waals surface area contributed by atoms with Crippen LogP contribution in [0.4, 0.5) is 0 Å². The van der Waals surface area contributed by atoms with E-state index in [9.17, 15) is 0 Å². The maximum absolute atomic E-state index is 9.07. The minimum absolute atomic E-state index is 0.544. The predicted octanol–water partition coefficient (Wildman–Crippen LogP) is 1.36. The first-order chi connectivity index (χ1) is 4.34. The Labute approximate surface area is 57.5 Å². The highest BCUT2D eigenvalue weighted by Crippen LogP contribution is 2.16. The van der Waals surface area contributed by atoms with E-state index in [1.807, 2.05) is 0 Å². The van der Waals surface area contributed by atoms with Gasteiger partial charge in [-0.1, -0.05) is 6.08 Å². The molecule has 1 atom stereocenters. The third-order valence-corrected chi connectivity index (χ3v) is 1.81. The van der Waals surface area contributed by atoms with Crippen LogP contribution in [0.2, 0.25) is 0 Å². The van der Waals surface area contributed by atoms with Crippen molar-refractivity contribution < 1.29 is 5.11 Å². The third kappa shape index (κ3) is 1.37. The van der Waals surface area contributed by atoms with E-state index in [-0.39, 0.29) is 0 Å². The van der Waals surface area contributed by atoms with E-state index in [0.717, 1.165) is 4.88 Å². The second-order valence-electron chi connectivity index (χ2n) is 1.58. The summed E-state index contributed by atoms with van der Waals surface area (Å²) in [5.41, 5.74) is 1.68. The molecule has 1 N–H and O–H groups in total. The van der Waals surface area contributed by atoms with Crippen molar-refractivity contribution in [2.24, 2.45) is 0 Å². The van der Waals surface area contributed by atoms with Gasteiger partial charge in [0, 0.05) is 6.20 Å². The lowest BCUT2D eigenvalue weighted by molar-refractivity contribution is 0.232. The molecule has 0 fully saturated rings. The molecule has 0 aliphatic heterocycles. The van der Waals surface area contributed by atoms with Crippen molar-refractivity contribution in [1.82, 2.24) is 4.98 Å². The fraction of sp³-hybridized carbons (Fsp3) is 0.167. The van der Waals surface area contributed by atoms with Crippen molar-refractivity contribution in [3.05, 3.63) is 29.2 Å². The zero-order valence-electron chi connectivity index (χ0n) is 4.82. The Hall–Kier alpha value is -0.670. The molecule has 1 heterocycles. The molecule has 3 heteroatoms. The number of aliphatic hydroxyl groups excluding tert-OH is 1. The van der Waals surface area contributed by atoms with Gasteiger partial charge in [-0.2, -0.15) is 0 Å². The molecular weight excluding hydrogens is 134 g/mol. The second-order valence-corrected chi connectivity index (χ2v) is 2.50. The van der Waals surface area contributed by atoms with Crippen LogP contribution >= 0.6 is 11.3 Å². The van der Waals surface area contributed by atoms with Crippen LogP contribution in [0.5, 0.6) is 0 Å². The maximum atomic E-state index is 9.07. The first kappa shape index (κ1) is 6.45. The minimum Gasteiger partial charge on any atom is -0.383 e. The maximum Gasteiger partial charge on any atom is 0.108 e. The van der Waals surface area contributed by atoms with Crippen LogP contribution in [0.1, 0.15) is 11.0 Å². The van der Waals surface area contributed by atoms with Crippen LogP contribution in [-0.4, -0.2) is 10.1 Å². The Kier molecular flexibility index (Phi) is 1.97. The summed E-state index contributed by atoms with van der Waals surface area (Å²) in [6.45, 7) is 3.45. The first-order valence-electron chi connectivity index (χ1n) is 2.53. The molecule has 1 aromatic rings. The summed E-state index contributed by atoms with van der Waals surface area (Å²) in [4.78, 5) is 4.64. The van der Waals surface area contributed by atoms with Gasteiger partial charge >= 0.3 is 0 Å². The van der Waals surface area contributed by atoms with Gasteiger partial charge in [-0.25, -0.2) is 0 Å². The fourth-order valence-electron chi connectivity index (χ4n) is 0.488. The van der Waals surface area contributed by atoms with Crippen LogP contribution in [0.3, 0.4) is 0 Å².